The molecule has 3 N–H and O–H groups in total. The maximum atomic E-state index is 13.5. The van der Waals surface area contributed by atoms with Crippen molar-refractivity contribution in [3.8, 4) is 5.75 Å². The number of aliphatic hydroxyl groups excluding tert-OH is 2. The first kappa shape index (κ1) is 28.3. The van der Waals surface area contributed by atoms with Crippen LogP contribution in [0.25, 0.3) is 16.8 Å². The summed E-state index contributed by atoms with van der Waals surface area (Å²) in [6, 6.07) is 15.2. The number of phenolic OH excluding ortho intramolecular Hbond substituents is 1. The van der Waals surface area contributed by atoms with E-state index in [1.54, 1.807) is 6.07 Å². The highest BCUT2D eigenvalue weighted by Crippen LogP contribution is 2.47. The van der Waals surface area contributed by atoms with E-state index in [1.807, 2.05) is 54.8 Å². The van der Waals surface area contributed by atoms with E-state index >= 15 is 0 Å². The van der Waals surface area contributed by atoms with Gasteiger partial charge in [0.05, 0.1) is 31.1 Å². The van der Waals surface area contributed by atoms with E-state index < -0.39 is 23.9 Å². The summed E-state index contributed by atoms with van der Waals surface area (Å²) in [6.07, 6.45) is 4.35. The van der Waals surface area contributed by atoms with Crippen molar-refractivity contribution in [1.29, 1.82) is 0 Å². The number of amides is 2. The van der Waals surface area contributed by atoms with E-state index in [1.165, 1.54) is 16.2 Å². The van der Waals surface area contributed by atoms with Gasteiger partial charge < -0.3 is 15.3 Å². The molecule has 5 rings (SSSR count). The molecule has 1 fully saturated rings. The molecule has 2 aromatic carbocycles. The van der Waals surface area contributed by atoms with E-state index in [0.29, 0.717) is 25.7 Å². The van der Waals surface area contributed by atoms with Crippen LogP contribution in [-0.4, -0.2) is 44.7 Å². The SMILES string of the molecule is CCC1=C([C@H](O)CC/C(=C/c2ccc(O)c3ccccc23)CC)[C@H](CO)[C@@H]2C(=O)N(Cc3cccs3)C(=O)[C@@H]2C1. The van der Waals surface area contributed by atoms with Crippen LogP contribution in [0.15, 0.2) is 70.6 Å². The molecule has 2 amide bonds. The summed E-state index contributed by atoms with van der Waals surface area (Å²) in [7, 11) is 0. The van der Waals surface area contributed by atoms with Gasteiger partial charge in [-0.05, 0) is 66.1 Å². The lowest BCUT2D eigenvalue weighted by atomic mass is 9.67. The Labute approximate surface area is 239 Å². The van der Waals surface area contributed by atoms with E-state index in [2.05, 4.69) is 13.0 Å². The predicted molar refractivity (Wildman–Crippen MR) is 158 cm³/mol. The van der Waals surface area contributed by atoms with Crippen molar-refractivity contribution in [3.63, 3.8) is 0 Å². The minimum absolute atomic E-state index is 0.168. The van der Waals surface area contributed by atoms with Crippen LogP contribution in [-0.2, 0) is 16.1 Å². The van der Waals surface area contributed by atoms with E-state index in [9.17, 15) is 24.9 Å². The number of benzene rings is 2. The lowest BCUT2D eigenvalue weighted by Crippen LogP contribution is -2.39. The number of carbonyl (C=O) groups is 2. The maximum Gasteiger partial charge on any atom is 0.234 e. The third kappa shape index (κ3) is 5.26. The van der Waals surface area contributed by atoms with Crippen LogP contribution in [0.3, 0.4) is 0 Å². The van der Waals surface area contributed by atoms with Crippen LogP contribution >= 0.6 is 11.3 Å². The number of rotatable bonds is 10. The Morgan fingerprint density at radius 3 is 2.52 bits per heavy atom. The van der Waals surface area contributed by atoms with Crippen molar-refractivity contribution in [1.82, 2.24) is 4.90 Å². The van der Waals surface area contributed by atoms with Gasteiger partial charge in [0.2, 0.25) is 11.8 Å². The summed E-state index contributed by atoms with van der Waals surface area (Å²) in [5.74, 6) is -1.84. The zero-order chi connectivity index (χ0) is 28.4. The fraction of sp³-hybridized carbons (Fsp3) is 0.394. The molecule has 210 valence electrons. The second kappa shape index (κ2) is 12.1. The second-order valence-electron chi connectivity index (χ2n) is 10.8. The van der Waals surface area contributed by atoms with Gasteiger partial charge in [0.25, 0.3) is 0 Å². The van der Waals surface area contributed by atoms with Gasteiger partial charge in [-0.25, -0.2) is 0 Å². The highest BCUT2D eigenvalue weighted by atomic mass is 32.1. The predicted octanol–water partition coefficient (Wildman–Crippen LogP) is 6.06. The third-order valence-electron chi connectivity index (χ3n) is 8.64. The Morgan fingerprint density at radius 1 is 1.07 bits per heavy atom. The molecule has 3 aromatic rings. The number of hydrogen-bond donors (Lipinski definition) is 3. The number of likely N-dealkylation sites (tertiary alicyclic amines) is 1. The summed E-state index contributed by atoms with van der Waals surface area (Å²) < 4.78 is 0. The molecule has 1 aliphatic carbocycles. The minimum atomic E-state index is -0.811. The summed E-state index contributed by atoms with van der Waals surface area (Å²) in [4.78, 5) is 29.2. The smallest absolute Gasteiger partial charge is 0.234 e. The topological polar surface area (TPSA) is 98.1 Å². The van der Waals surface area contributed by atoms with Crippen molar-refractivity contribution in [3.05, 3.63) is 81.1 Å². The van der Waals surface area contributed by atoms with Crippen LogP contribution in [0.4, 0.5) is 0 Å². The molecule has 40 heavy (non-hydrogen) atoms. The standard InChI is InChI=1S/C33H37NO5S/c1-3-20(16-22-12-14-28(36)25-10-6-5-9-24(22)25)11-13-29(37)30-21(4-2)17-26-31(27(30)19-35)33(39)34(32(26)38)18-23-8-7-15-40-23/h5-10,12,14-16,26-27,29,31,35-37H,3-4,11,13,17-19H2,1-2H3/b20-16+/t26-,27+,29-,31-/m1/s1. The molecule has 2 heterocycles. The number of allylic oxidation sites excluding steroid dienone is 2. The van der Waals surface area contributed by atoms with Crippen molar-refractivity contribution >= 4 is 40.0 Å². The molecular weight excluding hydrogens is 522 g/mol. The lowest BCUT2D eigenvalue weighted by molar-refractivity contribution is -0.140. The second-order valence-corrected chi connectivity index (χ2v) is 11.8. The van der Waals surface area contributed by atoms with Gasteiger partial charge in [-0.15, -0.1) is 11.3 Å². The highest BCUT2D eigenvalue weighted by molar-refractivity contribution is 7.09. The van der Waals surface area contributed by atoms with Gasteiger partial charge in [0, 0.05) is 16.2 Å². The van der Waals surface area contributed by atoms with E-state index in [0.717, 1.165) is 44.4 Å². The molecule has 4 atom stereocenters. The van der Waals surface area contributed by atoms with Gasteiger partial charge in [-0.1, -0.05) is 67.5 Å². The fourth-order valence-electron chi connectivity index (χ4n) is 6.56. The average molecular weight is 560 g/mol. The molecule has 0 spiro atoms. The summed E-state index contributed by atoms with van der Waals surface area (Å²) in [5.41, 5.74) is 3.91. The Kier molecular flexibility index (Phi) is 8.54. The molecule has 0 bridgehead atoms. The number of carbonyl (C=O) groups excluding carboxylic acids is 2. The van der Waals surface area contributed by atoms with Crippen LogP contribution in [0.2, 0.25) is 0 Å². The largest absolute Gasteiger partial charge is 0.507 e. The Balaban J connectivity index is 1.37. The number of thiophene rings is 1. The van der Waals surface area contributed by atoms with Crippen LogP contribution in [0.1, 0.15) is 56.4 Å². The van der Waals surface area contributed by atoms with E-state index in [-0.39, 0.29) is 30.7 Å². The monoisotopic (exact) mass is 559 g/mol. The maximum absolute atomic E-state index is 13.5. The summed E-state index contributed by atoms with van der Waals surface area (Å²) in [5, 5.41) is 36.0. The fourth-order valence-corrected chi connectivity index (χ4v) is 7.25. The Hall–Kier alpha value is -3.26. The first-order valence-corrected chi connectivity index (χ1v) is 15.0. The number of imide groups is 1. The lowest BCUT2D eigenvalue weighted by Gasteiger charge is -2.36. The zero-order valence-electron chi connectivity index (χ0n) is 23.0. The molecule has 0 unspecified atom stereocenters. The first-order valence-electron chi connectivity index (χ1n) is 14.2. The minimum Gasteiger partial charge on any atom is -0.507 e. The zero-order valence-corrected chi connectivity index (χ0v) is 23.9. The molecular formula is C33H37NO5S. The van der Waals surface area contributed by atoms with E-state index in [4.69, 9.17) is 0 Å². The number of nitrogens with zero attached hydrogens (tertiary/aromatic N) is 1. The number of hydrogen-bond acceptors (Lipinski definition) is 6. The van der Waals surface area contributed by atoms with Crippen LogP contribution in [0, 0.1) is 17.8 Å². The van der Waals surface area contributed by atoms with Gasteiger partial charge in [0.15, 0.2) is 0 Å². The quantitative estimate of drug-likeness (QED) is 0.207. The molecule has 1 aromatic heterocycles. The average Bonchev–Trinajstić information content (AvgIpc) is 3.58. The summed E-state index contributed by atoms with van der Waals surface area (Å²) in [6.45, 7) is 4.08. The van der Waals surface area contributed by atoms with Crippen LogP contribution in [0.5, 0.6) is 5.75 Å². The number of fused-ring (bicyclic) bond motifs is 2. The van der Waals surface area contributed by atoms with Crippen molar-refractivity contribution in [2.45, 2.75) is 58.6 Å². The van der Waals surface area contributed by atoms with Gasteiger partial charge in [-0.3, -0.25) is 14.5 Å². The number of phenols is 1. The molecule has 1 aliphatic heterocycles. The normalized spacial score (nSPS) is 22.4. The summed E-state index contributed by atoms with van der Waals surface area (Å²) >= 11 is 1.51. The number of aliphatic hydroxyl groups is 2. The molecule has 0 saturated carbocycles. The number of aromatic hydroxyl groups is 1. The molecule has 6 nitrogen and oxygen atoms in total. The highest BCUT2D eigenvalue weighted by Gasteiger charge is 2.54. The Bertz CT molecular complexity index is 1460. The van der Waals surface area contributed by atoms with Gasteiger partial charge in [-0.2, -0.15) is 0 Å². The molecule has 0 radical (unpaired) electrons. The Morgan fingerprint density at radius 2 is 1.85 bits per heavy atom. The van der Waals surface area contributed by atoms with Gasteiger partial charge >= 0.3 is 0 Å². The van der Waals surface area contributed by atoms with Crippen molar-refractivity contribution in [2.75, 3.05) is 6.61 Å². The third-order valence-corrected chi connectivity index (χ3v) is 9.50. The molecule has 2 aliphatic rings. The van der Waals surface area contributed by atoms with Crippen molar-refractivity contribution in [2.24, 2.45) is 17.8 Å². The molecule has 1 saturated heterocycles. The van der Waals surface area contributed by atoms with Crippen LogP contribution < -0.4 is 0 Å². The van der Waals surface area contributed by atoms with Gasteiger partial charge in [0.1, 0.15) is 5.75 Å². The first-order chi connectivity index (χ1) is 19.4. The van der Waals surface area contributed by atoms with Crippen molar-refractivity contribution < 1.29 is 24.9 Å². The molecule has 7 heteroatoms.